The lowest BCUT2D eigenvalue weighted by atomic mass is 10.1. The third-order valence-corrected chi connectivity index (χ3v) is 3.35. The van der Waals surface area contributed by atoms with E-state index in [1.807, 2.05) is 14.1 Å². The van der Waals surface area contributed by atoms with E-state index in [4.69, 9.17) is 5.73 Å². The van der Waals surface area contributed by atoms with Gasteiger partial charge in [-0.1, -0.05) is 13.0 Å². The monoisotopic (exact) mass is 285 g/mol. The standard InChI is InChI=1S/C15H25F2N3/c1-4-20(9-5-8-19(2)3)11-15(18)12-6-7-13(16)14(17)10-12/h6-7,10,15H,4-5,8-9,11,18H2,1-3H3. The SMILES string of the molecule is CCN(CCCN(C)C)CC(N)c1ccc(F)c(F)c1. The number of benzene rings is 1. The average molecular weight is 285 g/mol. The molecule has 20 heavy (non-hydrogen) atoms. The fraction of sp³-hybridized carbons (Fsp3) is 0.600. The largest absolute Gasteiger partial charge is 0.323 e. The molecule has 114 valence electrons. The second-order valence-corrected chi connectivity index (χ2v) is 5.33. The molecule has 0 saturated carbocycles. The lowest BCUT2D eigenvalue weighted by Gasteiger charge is -2.25. The molecule has 0 aliphatic carbocycles. The molecule has 0 aliphatic heterocycles. The van der Waals surface area contributed by atoms with Crippen LogP contribution in [0.15, 0.2) is 18.2 Å². The van der Waals surface area contributed by atoms with Gasteiger partial charge in [-0.05, 0) is 57.8 Å². The second-order valence-electron chi connectivity index (χ2n) is 5.33. The Morgan fingerprint density at radius 2 is 1.85 bits per heavy atom. The average Bonchev–Trinajstić information content (AvgIpc) is 2.40. The van der Waals surface area contributed by atoms with Gasteiger partial charge in [0.05, 0.1) is 0 Å². The molecule has 1 unspecified atom stereocenters. The van der Waals surface area contributed by atoms with Crippen molar-refractivity contribution in [2.75, 3.05) is 40.3 Å². The topological polar surface area (TPSA) is 32.5 Å². The van der Waals surface area contributed by atoms with Crippen molar-refractivity contribution < 1.29 is 8.78 Å². The van der Waals surface area contributed by atoms with E-state index in [1.165, 1.54) is 6.07 Å². The Balaban J connectivity index is 2.53. The summed E-state index contributed by atoms with van der Waals surface area (Å²) >= 11 is 0. The molecule has 0 spiro atoms. The summed E-state index contributed by atoms with van der Waals surface area (Å²) in [5.41, 5.74) is 6.71. The molecule has 1 atom stereocenters. The zero-order valence-electron chi connectivity index (χ0n) is 12.6. The number of hydrogen-bond acceptors (Lipinski definition) is 3. The third-order valence-electron chi connectivity index (χ3n) is 3.35. The molecule has 1 aromatic carbocycles. The summed E-state index contributed by atoms with van der Waals surface area (Å²) in [6.45, 7) is 5.59. The quantitative estimate of drug-likeness (QED) is 0.795. The lowest BCUT2D eigenvalue weighted by molar-refractivity contribution is 0.252. The normalized spacial score (nSPS) is 13.2. The third kappa shape index (κ3) is 5.53. The summed E-state index contributed by atoms with van der Waals surface area (Å²) in [4.78, 5) is 4.37. The molecule has 1 aromatic rings. The zero-order valence-corrected chi connectivity index (χ0v) is 12.6. The van der Waals surface area contributed by atoms with E-state index in [2.05, 4.69) is 16.7 Å². The number of rotatable bonds is 8. The van der Waals surface area contributed by atoms with E-state index in [0.29, 0.717) is 12.1 Å². The first-order valence-electron chi connectivity index (χ1n) is 7.01. The first-order chi connectivity index (χ1) is 9.43. The Morgan fingerprint density at radius 1 is 1.15 bits per heavy atom. The van der Waals surface area contributed by atoms with Crippen LogP contribution in [-0.2, 0) is 0 Å². The van der Waals surface area contributed by atoms with Crippen LogP contribution in [0.3, 0.4) is 0 Å². The van der Waals surface area contributed by atoms with E-state index in [1.54, 1.807) is 6.07 Å². The van der Waals surface area contributed by atoms with Crippen LogP contribution in [-0.4, -0.2) is 50.1 Å². The highest BCUT2D eigenvalue weighted by Crippen LogP contribution is 2.15. The fourth-order valence-corrected chi connectivity index (χ4v) is 2.12. The molecule has 0 radical (unpaired) electrons. The minimum atomic E-state index is -0.839. The number of hydrogen-bond donors (Lipinski definition) is 1. The van der Waals surface area contributed by atoms with Crippen molar-refractivity contribution >= 4 is 0 Å². The Hall–Kier alpha value is -1.04. The van der Waals surface area contributed by atoms with Gasteiger partial charge in [0.25, 0.3) is 0 Å². The highest BCUT2D eigenvalue weighted by Gasteiger charge is 2.13. The predicted octanol–water partition coefficient (Wildman–Crippen LogP) is 2.24. The number of nitrogens with zero attached hydrogens (tertiary/aromatic N) is 2. The van der Waals surface area contributed by atoms with Gasteiger partial charge in [-0.15, -0.1) is 0 Å². The smallest absolute Gasteiger partial charge is 0.159 e. The van der Waals surface area contributed by atoms with Crippen molar-refractivity contribution in [3.8, 4) is 0 Å². The maximum absolute atomic E-state index is 13.2. The fourth-order valence-electron chi connectivity index (χ4n) is 2.12. The summed E-state index contributed by atoms with van der Waals surface area (Å²) in [5, 5.41) is 0. The van der Waals surface area contributed by atoms with Gasteiger partial charge in [-0.2, -0.15) is 0 Å². The van der Waals surface area contributed by atoms with Crippen molar-refractivity contribution in [3.63, 3.8) is 0 Å². The molecule has 2 N–H and O–H groups in total. The Labute approximate surface area is 120 Å². The Kier molecular flexibility index (Phi) is 7.05. The maximum Gasteiger partial charge on any atom is 0.159 e. The van der Waals surface area contributed by atoms with Gasteiger partial charge in [0.2, 0.25) is 0 Å². The van der Waals surface area contributed by atoms with Gasteiger partial charge in [-0.3, -0.25) is 0 Å². The van der Waals surface area contributed by atoms with Gasteiger partial charge in [0, 0.05) is 12.6 Å². The van der Waals surface area contributed by atoms with Crippen LogP contribution in [0.2, 0.25) is 0 Å². The van der Waals surface area contributed by atoms with Crippen LogP contribution >= 0.6 is 0 Å². The summed E-state index contributed by atoms with van der Waals surface area (Å²) in [7, 11) is 4.09. The van der Waals surface area contributed by atoms with Crippen LogP contribution < -0.4 is 5.73 Å². The summed E-state index contributed by atoms with van der Waals surface area (Å²) in [6.07, 6.45) is 1.06. The molecule has 0 fully saturated rings. The molecule has 0 bridgehead atoms. The van der Waals surface area contributed by atoms with Crippen LogP contribution in [0.4, 0.5) is 8.78 Å². The van der Waals surface area contributed by atoms with Crippen molar-refractivity contribution in [2.24, 2.45) is 5.73 Å². The van der Waals surface area contributed by atoms with Crippen LogP contribution in [0.1, 0.15) is 24.9 Å². The second kappa shape index (κ2) is 8.29. The van der Waals surface area contributed by atoms with Gasteiger partial charge >= 0.3 is 0 Å². The molecule has 1 rings (SSSR count). The minimum absolute atomic E-state index is 0.301. The minimum Gasteiger partial charge on any atom is -0.323 e. The molecule has 0 aromatic heterocycles. The zero-order chi connectivity index (χ0) is 15.1. The number of halogens is 2. The van der Waals surface area contributed by atoms with Crippen molar-refractivity contribution in [2.45, 2.75) is 19.4 Å². The maximum atomic E-state index is 13.2. The van der Waals surface area contributed by atoms with E-state index in [0.717, 1.165) is 32.1 Å². The Bertz CT molecular complexity index is 410. The lowest BCUT2D eigenvalue weighted by Crippen LogP contribution is -2.34. The first-order valence-corrected chi connectivity index (χ1v) is 7.01. The van der Waals surface area contributed by atoms with E-state index < -0.39 is 11.6 Å². The van der Waals surface area contributed by atoms with Gasteiger partial charge in [0.15, 0.2) is 11.6 Å². The summed E-state index contributed by atoms with van der Waals surface area (Å²) < 4.78 is 26.1. The summed E-state index contributed by atoms with van der Waals surface area (Å²) in [5.74, 6) is -1.67. The molecule has 0 aliphatic rings. The number of nitrogens with two attached hydrogens (primary N) is 1. The van der Waals surface area contributed by atoms with E-state index >= 15 is 0 Å². The van der Waals surface area contributed by atoms with E-state index in [9.17, 15) is 8.78 Å². The molecule has 0 heterocycles. The Morgan fingerprint density at radius 3 is 2.40 bits per heavy atom. The van der Waals surface area contributed by atoms with Crippen LogP contribution in [0, 0.1) is 11.6 Å². The molecule has 5 heteroatoms. The molecule has 3 nitrogen and oxygen atoms in total. The summed E-state index contributed by atoms with van der Waals surface area (Å²) in [6, 6.07) is 3.57. The highest BCUT2D eigenvalue weighted by molar-refractivity contribution is 5.21. The van der Waals surface area contributed by atoms with Gasteiger partial charge in [0.1, 0.15) is 0 Å². The van der Waals surface area contributed by atoms with Crippen molar-refractivity contribution in [3.05, 3.63) is 35.4 Å². The molecular formula is C15H25F2N3. The van der Waals surface area contributed by atoms with Crippen LogP contribution in [0.5, 0.6) is 0 Å². The molecular weight excluding hydrogens is 260 g/mol. The van der Waals surface area contributed by atoms with Crippen LogP contribution in [0.25, 0.3) is 0 Å². The highest BCUT2D eigenvalue weighted by atomic mass is 19.2. The predicted molar refractivity (Wildman–Crippen MR) is 78.6 cm³/mol. The van der Waals surface area contributed by atoms with Crippen molar-refractivity contribution in [1.82, 2.24) is 9.80 Å². The van der Waals surface area contributed by atoms with Gasteiger partial charge in [-0.25, -0.2) is 8.78 Å². The van der Waals surface area contributed by atoms with Gasteiger partial charge < -0.3 is 15.5 Å². The number of likely N-dealkylation sites (N-methyl/N-ethyl adjacent to an activating group) is 1. The first kappa shape index (κ1) is 17.0. The molecule has 0 saturated heterocycles. The molecule has 0 amide bonds. The van der Waals surface area contributed by atoms with Crippen molar-refractivity contribution in [1.29, 1.82) is 0 Å². The van der Waals surface area contributed by atoms with E-state index in [-0.39, 0.29) is 6.04 Å².